The van der Waals surface area contributed by atoms with Gasteiger partial charge in [0.2, 0.25) is 0 Å². The third-order valence-electron chi connectivity index (χ3n) is 7.93. The highest BCUT2D eigenvalue weighted by Crippen LogP contribution is 2.47. The predicted octanol–water partition coefficient (Wildman–Crippen LogP) is 4.59. The number of aromatic nitrogens is 1. The molecule has 0 saturated carbocycles. The average Bonchev–Trinajstić information content (AvgIpc) is 2.87. The standard InChI is InChI=1S/C27H29N3O4.ClH/c1-3-19-17-30(16-18-5-4-6-21(13-18)29(32)33)12-10-20(19)14-26(30)27(31)23-9-11-28-25-8-7-22(34-2)15-24(23)25;/h3-9,11,13,15,19-20,26-27H,1,10,12,14,16-17H2,2H3;1H/t19?,20?,26?,27-,30?;/m1./s1. The first-order chi connectivity index (χ1) is 16.4. The van der Waals surface area contributed by atoms with Gasteiger partial charge in [-0.2, -0.15) is 0 Å². The molecule has 3 saturated heterocycles. The van der Waals surface area contributed by atoms with Gasteiger partial charge in [0, 0.05) is 48.0 Å². The number of rotatable bonds is 7. The second-order valence-corrected chi connectivity index (χ2v) is 9.67. The van der Waals surface area contributed by atoms with Gasteiger partial charge in [-0.3, -0.25) is 15.1 Å². The first-order valence-electron chi connectivity index (χ1n) is 11.7. The van der Waals surface area contributed by atoms with Gasteiger partial charge in [-0.25, -0.2) is 0 Å². The maximum Gasteiger partial charge on any atom is 0.269 e. The number of quaternary nitrogens is 1. The Morgan fingerprint density at radius 3 is 2.86 bits per heavy atom. The molecule has 3 aliphatic rings. The van der Waals surface area contributed by atoms with Gasteiger partial charge in [0.05, 0.1) is 36.7 Å². The number of fused-ring (bicyclic) bond motifs is 4. The number of methoxy groups -OCH3 is 1. The minimum Gasteiger partial charge on any atom is -0.844 e. The van der Waals surface area contributed by atoms with Crippen LogP contribution in [0.2, 0.25) is 0 Å². The Morgan fingerprint density at radius 1 is 1.29 bits per heavy atom. The average molecular weight is 496 g/mol. The Balaban J connectivity index is 0.00000289. The Bertz CT molecular complexity index is 1250. The molecule has 4 unspecified atom stereocenters. The smallest absolute Gasteiger partial charge is 0.269 e. The van der Waals surface area contributed by atoms with Gasteiger partial charge in [-0.1, -0.05) is 18.2 Å². The first kappa shape index (κ1) is 25.1. The summed E-state index contributed by atoms with van der Waals surface area (Å²) in [7, 11) is 1.62. The number of hydrogen-bond donors (Lipinski definition) is 0. The van der Waals surface area contributed by atoms with Crippen molar-refractivity contribution in [3.05, 3.63) is 88.6 Å². The van der Waals surface area contributed by atoms with E-state index in [1.165, 1.54) is 6.07 Å². The minimum absolute atomic E-state index is 0. The molecule has 8 heteroatoms. The topological polar surface area (TPSA) is 88.3 Å². The zero-order chi connectivity index (χ0) is 23.9. The number of pyridine rings is 1. The molecule has 184 valence electrons. The number of piperidine rings is 3. The van der Waals surface area contributed by atoms with Crippen molar-refractivity contribution >= 4 is 29.0 Å². The van der Waals surface area contributed by atoms with Crippen LogP contribution in [0, 0.1) is 22.0 Å². The molecule has 7 nitrogen and oxygen atoms in total. The van der Waals surface area contributed by atoms with Gasteiger partial charge < -0.3 is 14.3 Å². The van der Waals surface area contributed by atoms with Crippen LogP contribution in [-0.2, 0) is 6.54 Å². The molecule has 0 spiro atoms. The van der Waals surface area contributed by atoms with E-state index in [1.807, 2.05) is 36.4 Å². The molecule has 0 aliphatic carbocycles. The third-order valence-corrected chi connectivity index (χ3v) is 7.93. The van der Waals surface area contributed by atoms with Crippen LogP contribution in [0.25, 0.3) is 10.9 Å². The summed E-state index contributed by atoms with van der Waals surface area (Å²) in [5.41, 5.74) is 2.51. The number of benzene rings is 2. The van der Waals surface area contributed by atoms with Crippen LogP contribution in [0.5, 0.6) is 5.75 Å². The molecule has 4 heterocycles. The quantitative estimate of drug-likeness (QED) is 0.207. The molecule has 2 aromatic carbocycles. The van der Waals surface area contributed by atoms with E-state index in [0.29, 0.717) is 28.6 Å². The Hall–Kier alpha value is -3.00. The lowest BCUT2D eigenvalue weighted by atomic mass is 9.71. The second-order valence-electron chi connectivity index (χ2n) is 9.67. The summed E-state index contributed by atoms with van der Waals surface area (Å²) < 4.78 is 6.05. The van der Waals surface area contributed by atoms with Crippen LogP contribution in [0.15, 0.2) is 67.4 Å². The number of nitro benzene ring substituents is 1. The molecule has 3 aromatic rings. The molecule has 35 heavy (non-hydrogen) atoms. The van der Waals surface area contributed by atoms with E-state index in [9.17, 15) is 15.2 Å². The largest absolute Gasteiger partial charge is 0.844 e. The van der Waals surface area contributed by atoms with Crippen molar-refractivity contribution in [2.24, 2.45) is 11.8 Å². The van der Waals surface area contributed by atoms with Crippen molar-refractivity contribution in [2.45, 2.75) is 31.5 Å². The molecule has 5 atom stereocenters. The maximum absolute atomic E-state index is 14.2. The molecule has 3 aliphatic heterocycles. The molecule has 1 aromatic heterocycles. The number of halogens is 1. The summed E-state index contributed by atoms with van der Waals surface area (Å²) >= 11 is 0. The fraction of sp³-hybridized carbons (Fsp3) is 0.370. The lowest BCUT2D eigenvalue weighted by Crippen LogP contribution is -2.68. The van der Waals surface area contributed by atoms with Crippen molar-refractivity contribution in [3.8, 4) is 5.75 Å². The second kappa shape index (κ2) is 9.93. The molecular weight excluding hydrogens is 466 g/mol. The minimum atomic E-state index is -0.940. The summed E-state index contributed by atoms with van der Waals surface area (Å²) in [4.78, 5) is 15.5. The normalized spacial score (nSPS) is 26.1. The lowest BCUT2D eigenvalue weighted by molar-refractivity contribution is -0.990. The van der Waals surface area contributed by atoms with Gasteiger partial charge in [-0.05, 0) is 41.9 Å². The number of nitro groups is 1. The molecule has 0 radical (unpaired) electrons. The third kappa shape index (κ3) is 4.51. The van der Waals surface area contributed by atoms with Crippen molar-refractivity contribution in [3.63, 3.8) is 0 Å². The Labute approximate surface area is 211 Å². The summed E-state index contributed by atoms with van der Waals surface area (Å²) in [6, 6.07) is 14.2. The van der Waals surface area contributed by atoms with E-state index in [1.54, 1.807) is 25.4 Å². The Morgan fingerprint density at radius 2 is 2.11 bits per heavy atom. The van der Waals surface area contributed by atoms with Crippen LogP contribution in [0.4, 0.5) is 5.69 Å². The highest BCUT2D eigenvalue weighted by molar-refractivity contribution is 5.85. The predicted molar refractivity (Wildman–Crippen MR) is 135 cm³/mol. The number of hydrogen-bond acceptors (Lipinski definition) is 5. The molecule has 2 bridgehead atoms. The molecule has 0 amide bonds. The fourth-order valence-electron chi connectivity index (χ4n) is 6.22. The summed E-state index contributed by atoms with van der Waals surface area (Å²) in [5, 5.41) is 26.4. The molecule has 3 fully saturated rings. The van der Waals surface area contributed by atoms with E-state index in [-0.39, 0.29) is 29.1 Å². The number of ether oxygens (including phenoxy) is 1. The highest BCUT2D eigenvalue weighted by atomic mass is 35.5. The van der Waals surface area contributed by atoms with E-state index < -0.39 is 6.10 Å². The van der Waals surface area contributed by atoms with Crippen molar-refractivity contribution in [2.75, 3.05) is 20.2 Å². The molecule has 0 N–H and O–H groups in total. The van der Waals surface area contributed by atoms with E-state index in [2.05, 4.69) is 11.6 Å². The number of nitrogens with zero attached hydrogens (tertiary/aromatic N) is 3. The van der Waals surface area contributed by atoms with Crippen LogP contribution in [0.1, 0.15) is 30.1 Å². The zero-order valence-electron chi connectivity index (χ0n) is 19.7. The van der Waals surface area contributed by atoms with Crippen LogP contribution in [0.3, 0.4) is 0 Å². The van der Waals surface area contributed by atoms with Gasteiger partial charge in [0.25, 0.3) is 5.69 Å². The Kier molecular flexibility index (Phi) is 7.12. The molecular formula is C27H30ClN3O4. The van der Waals surface area contributed by atoms with Crippen molar-refractivity contribution < 1.29 is 19.2 Å². The van der Waals surface area contributed by atoms with Crippen LogP contribution < -0.4 is 9.84 Å². The lowest BCUT2D eigenvalue weighted by Gasteiger charge is -2.60. The first-order valence-corrected chi connectivity index (χ1v) is 11.7. The van der Waals surface area contributed by atoms with Crippen molar-refractivity contribution in [1.29, 1.82) is 0 Å². The van der Waals surface area contributed by atoms with Gasteiger partial charge in [0.1, 0.15) is 12.3 Å². The van der Waals surface area contributed by atoms with E-state index in [0.717, 1.165) is 48.0 Å². The summed E-state index contributed by atoms with van der Waals surface area (Å²) in [6.07, 6.45) is 4.67. The van der Waals surface area contributed by atoms with Crippen LogP contribution in [-0.4, -0.2) is 40.6 Å². The van der Waals surface area contributed by atoms with E-state index >= 15 is 0 Å². The van der Waals surface area contributed by atoms with Gasteiger partial charge >= 0.3 is 0 Å². The number of non-ortho nitro benzene ring substituents is 1. The van der Waals surface area contributed by atoms with E-state index in [4.69, 9.17) is 4.74 Å². The monoisotopic (exact) mass is 495 g/mol. The van der Waals surface area contributed by atoms with Crippen LogP contribution >= 0.6 is 12.4 Å². The van der Waals surface area contributed by atoms with Crippen molar-refractivity contribution in [1.82, 2.24) is 4.98 Å². The molecule has 6 rings (SSSR count). The van der Waals surface area contributed by atoms with Gasteiger partial charge in [-0.15, -0.1) is 19.0 Å². The SMILES string of the molecule is C=CC1C[N+]2(Cc3cccc([N+](=O)[O-])c3)CCC1CC2[C@H]([O-])c1ccnc2ccc(OC)cc12.Cl. The van der Waals surface area contributed by atoms with Gasteiger partial charge in [0.15, 0.2) is 0 Å². The fourth-order valence-corrected chi connectivity index (χ4v) is 6.22. The highest BCUT2D eigenvalue weighted by Gasteiger charge is 2.51. The summed E-state index contributed by atoms with van der Waals surface area (Å²) in [6.45, 7) is 6.41. The zero-order valence-corrected chi connectivity index (χ0v) is 20.5. The maximum atomic E-state index is 14.2. The summed E-state index contributed by atoms with van der Waals surface area (Å²) in [5.74, 6) is 1.50.